The molecule has 0 aromatic heterocycles. The van der Waals surface area contributed by atoms with Crippen LogP contribution in [0.3, 0.4) is 0 Å². The summed E-state index contributed by atoms with van der Waals surface area (Å²) in [7, 11) is 3.19. The van der Waals surface area contributed by atoms with Crippen molar-refractivity contribution in [2.75, 3.05) is 20.8 Å². The average Bonchev–Trinajstić information content (AvgIpc) is 3.04. The molecule has 0 radical (unpaired) electrons. The first-order valence-corrected chi connectivity index (χ1v) is 10.3. The fourth-order valence-corrected chi connectivity index (χ4v) is 3.93. The van der Waals surface area contributed by atoms with Crippen LogP contribution >= 0.6 is 11.6 Å². The minimum Gasteiger partial charge on any atom is -0.493 e. The van der Waals surface area contributed by atoms with Crippen molar-refractivity contribution in [1.82, 2.24) is 10.2 Å². The summed E-state index contributed by atoms with van der Waals surface area (Å²) >= 11 is 6.26. The molecule has 3 rings (SSSR count). The van der Waals surface area contributed by atoms with E-state index in [1.807, 2.05) is 43.3 Å². The van der Waals surface area contributed by atoms with Crippen LogP contribution in [-0.4, -0.2) is 43.0 Å². The number of rotatable bonds is 8. The van der Waals surface area contributed by atoms with Crippen LogP contribution in [0.2, 0.25) is 5.02 Å². The number of benzene rings is 2. The first kappa shape index (κ1) is 22.0. The number of methoxy groups -OCH3 is 2. The van der Waals surface area contributed by atoms with E-state index in [9.17, 15) is 9.59 Å². The zero-order valence-corrected chi connectivity index (χ0v) is 18.3. The van der Waals surface area contributed by atoms with Crippen molar-refractivity contribution in [3.8, 4) is 11.5 Å². The molecule has 1 atom stereocenters. The van der Waals surface area contributed by atoms with Gasteiger partial charge in [0.25, 0.3) is 0 Å². The van der Waals surface area contributed by atoms with Gasteiger partial charge in [0.05, 0.1) is 14.2 Å². The van der Waals surface area contributed by atoms with Gasteiger partial charge in [-0.1, -0.05) is 35.9 Å². The van der Waals surface area contributed by atoms with E-state index in [2.05, 4.69) is 5.32 Å². The van der Waals surface area contributed by atoms with Gasteiger partial charge in [-0.15, -0.1) is 0 Å². The van der Waals surface area contributed by atoms with Crippen molar-refractivity contribution in [2.24, 2.45) is 0 Å². The first-order valence-electron chi connectivity index (χ1n) is 9.92. The second kappa shape index (κ2) is 9.39. The summed E-state index contributed by atoms with van der Waals surface area (Å²) in [6, 6.07) is 13.1. The standard InChI is InChI=1S/C23H27ClN2O4/c1-23(12-10-21(27)26(23)15-17-6-4-5-7-18(17)24)22(28)25-13-11-16-8-9-19(29-2)20(14-16)30-3/h4-9,14H,10-13,15H2,1-3H3,(H,25,28). The van der Waals surface area contributed by atoms with Crippen molar-refractivity contribution in [3.63, 3.8) is 0 Å². The SMILES string of the molecule is COc1ccc(CCNC(=O)C2(C)CCC(=O)N2Cc2ccccc2Cl)cc1OC. The monoisotopic (exact) mass is 430 g/mol. The zero-order valence-electron chi connectivity index (χ0n) is 17.5. The molecule has 30 heavy (non-hydrogen) atoms. The van der Waals surface area contributed by atoms with Crippen LogP contribution in [0.25, 0.3) is 0 Å². The lowest BCUT2D eigenvalue weighted by Gasteiger charge is -2.34. The normalized spacial score (nSPS) is 18.4. The molecule has 0 spiro atoms. The third-order valence-electron chi connectivity index (χ3n) is 5.65. The Balaban J connectivity index is 1.64. The molecule has 1 N–H and O–H groups in total. The topological polar surface area (TPSA) is 67.9 Å². The van der Waals surface area contributed by atoms with Gasteiger partial charge in [0, 0.05) is 24.5 Å². The Bertz CT molecular complexity index is 933. The van der Waals surface area contributed by atoms with Gasteiger partial charge in [0.1, 0.15) is 5.54 Å². The predicted octanol–water partition coefficient (Wildman–Crippen LogP) is 3.60. The molecule has 1 aliphatic heterocycles. The molecule has 1 unspecified atom stereocenters. The average molecular weight is 431 g/mol. The number of ether oxygens (including phenoxy) is 2. The van der Waals surface area contributed by atoms with E-state index in [1.54, 1.807) is 25.2 Å². The Morgan fingerprint density at radius 1 is 1.17 bits per heavy atom. The van der Waals surface area contributed by atoms with Gasteiger partial charge in [-0.2, -0.15) is 0 Å². The minimum absolute atomic E-state index is 0.0348. The maximum Gasteiger partial charge on any atom is 0.245 e. The second-order valence-corrected chi connectivity index (χ2v) is 7.95. The minimum atomic E-state index is -0.895. The van der Waals surface area contributed by atoms with Crippen LogP contribution < -0.4 is 14.8 Å². The second-order valence-electron chi connectivity index (χ2n) is 7.54. The number of carbonyl (C=O) groups is 2. The lowest BCUT2D eigenvalue weighted by molar-refractivity contribution is -0.141. The molecule has 7 heteroatoms. The summed E-state index contributed by atoms with van der Waals surface area (Å²) in [5.74, 6) is 1.13. The molecule has 2 aromatic rings. The van der Waals surface area contributed by atoms with Crippen LogP contribution in [0.15, 0.2) is 42.5 Å². The Morgan fingerprint density at radius 3 is 2.60 bits per heavy atom. The van der Waals surface area contributed by atoms with Crippen molar-refractivity contribution in [2.45, 2.75) is 38.3 Å². The molecule has 160 valence electrons. The Hall–Kier alpha value is -2.73. The Labute approximate surface area is 182 Å². The number of hydrogen-bond donors (Lipinski definition) is 1. The van der Waals surface area contributed by atoms with Gasteiger partial charge in [-0.05, 0) is 49.1 Å². The van der Waals surface area contributed by atoms with Crippen LogP contribution in [0, 0.1) is 0 Å². The summed E-state index contributed by atoms with van der Waals surface area (Å²) < 4.78 is 10.6. The van der Waals surface area contributed by atoms with E-state index in [-0.39, 0.29) is 11.8 Å². The molecule has 1 heterocycles. The van der Waals surface area contributed by atoms with Gasteiger partial charge < -0.3 is 19.7 Å². The molecule has 2 aromatic carbocycles. The highest BCUT2D eigenvalue weighted by atomic mass is 35.5. The van der Waals surface area contributed by atoms with Gasteiger partial charge in [-0.25, -0.2) is 0 Å². The molecule has 0 aliphatic carbocycles. The molecule has 0 bridgehead atoms. The summed E-state index contributed by atoms with van der Waals surface area (Å²) in [5, 5.41) is 3.58. The van der Waals surface area contributed by atoms with E-state index in [1.165, 1.54) is 0 Å². The smallest absolute Gasteiger partial charge is 0.245 e. The van der Waals surface area contributed by atoms with Crippen LogP contribution in [-0.2, 0) is 22.6 Å². The largest absolute Gasteiger partial charge is 0.493 e. The lowest BCUT2D eigenvalue weighted by Crippen LogP contribution is -2.54. The van der Waals surface area contributed by atoms with E-state index in [4.69, 9.17) is 21.1 Å². The zero-order chi connectivity index (χ0) is 21.7. The number of likely N-dealkylation sites (tertiary alicyclic amines) is 1. The van der Waals surface area contributed by atoms with E-state index < -0.39 is 5.54 Å². The summed E-state index contributed by atoms with van der Waals surface area (Å²) in [5.41, 5.74) is 0.959. The molecule has 1 fully saturated rings. The number of amides is 2. The number of nitrogens with one attached hydrogen (secondary N) is 1. The summed E-state index contributed by atoms with van der Waals surface area (Å²) in [4.78, 5) is 27.2. The maximum absolute atomic E-state index is 13.0. The van der Waals surface area contributed by atoms with Gasteiger partial charge in [0.15, 0.2) is 11.5 Å². The van der Waals surface area contributed by atoms with E-state index in [0.717, 1.165) is 11.1 Å². The number of nitrogens with zero attached hydrogens (tertiary/aromatic N) is 1. The molecular weight excluding hydrogens is 404 g/mol. The van der Waals surface area contributed by atoms with E-state index >= 15 is 0 Å². The molecule has 1 aliphatic rings. The fraction of sp³-hybridized carbons (Fsp3) is 0.391. The van der Waals surface area contributed by atoms with Crippen molar-refractivity contribution < 1.29 is 19.1 Å². The van der Waals surface area contributed by atoms with Crippen molar-refractivity contribution in [1.29, 1.82) is 0 Å². The summed E-state index contributed by atoms with van der Waals surface area (Å²) in [6.45, 7) is 2.59. The highest BCUT2D eigenvalue weighted by Crippen LogP contribution is 2.33. The highest BCUT2D eigenvalue weighted by Gasteiger charge is 2.47. The van der Waals surface area contributed by atoms with Gasteiger partial charge in [-0.3, -0.25) is 9.59 Å². The Morgan fingerprint density at radius 2 is 1.90 bits per heavy atom. The third kappa shape index (κ3) is 4.54. The maximum atomic E-state index is 13.0. The van der Waals surface area contributed by atoms with E-state index in [0.29, 0.717) is 48.9 Å². The van der Waals surface area contributed by atoms with Crippen LogP contribution in [0.4, 0.5) is 0 Å². The summed E-state index contributed by atoms with van der Waals surface area (Å²) in [6.07, 6.45) is 1.48. The van der Waals surface area contributed by atoms with Crippen LogP contribution in [0.1, 0.15) is 30.9 Å². The molecule has 6 nitrogen and oxygen atoms in total. The first-order chi connectivity index (χ1) is 14.4. The molecule has 1 saturated heterocycles. The number of hydrogen-bond acceptors (Lipinski definition) is 4. The van der Waals surface area contributed by atoms with Crippen molar-refractivity contribution >= 4 is 23.4 Å². The van der Waals surface area contributed by atoms with Crippen molar-refractivity contribution in [3.05, 3.63) is 58.6 Å². The van der Waals surface area contributed by atoms with Gasteiger partial charge in [0.2, 0.25) is 11.8 Å². The quantitative estimate of drug-likeness (QED) is 0.694. The third-order valence-corrected chi connectivity index (χ3v) is 6.01. The fourth-order valence-electron chi connectivity index (χ4n) is 3.74. The lowest BCUT2D eigenvalue weighted by atomic mass is 9.97. The molecular formula is C23H27ClN2O4. The number of halogens is 1. The predicted molar refractivity (Wildman–Crippen MR) is 116 cm³/mol. The Kier molecular flexibility index (Phi) is 6.87. The highest BCUT2D eigenvalue weighted by molar-refractivity contribution is 6.31. The molecule has 0 saturated carbocycles. The van der Waals surface area contributed by atoms with Gasteiger partial charge >= 0.3 is 0 Å². The molecule has 2 amide bonds. The number of carbonyl (C=O) groups excluding carboxylic acids is 2. The van der Waals surface area contributed by atoms with Crippen LogP contribution in [0.5, 0.6) is 11.5 Å².